The highest BCUT2D eigenvalue weighted by Gasteiger charge is 2.11. The summed E-state index contributed by atoms with van der Waals surface area (Å²) in [5, 5.41) is 5.48. The van der Waals surface area contributed by atoms with E-state index in [2.05, 4.69) is 5.10 Å². The Bertz CT molecular complexity index is 746. The highest BCUT2D eigenvalue weighted by molar-refractivity contribution is 5.80. The summed E-state index contributed by atoms with van der Waals surface area (Å²) in [6, 6.07) is 12.7. The Labute approximate surface area is 116 Å². The summed E-state index contributed by atoms with van der Waals surface area (Å²) in [6.07, 6.45) is 2.43. The topological polar surface area (TPSA) is 43.8 Å². The van der Waals surface area contributed by atoms with Crippen LogP contribution in [0.4, 0.5) is 4.39 Å². The minimum atomic E-state index is -0.249. The molecule has 0 radical (unpaired) electrons. The molecule has 0 aliphatic rings. The van der Waals surface area contributed by atoms with Crippen LogP contribution < -0.4 is 5.73 Å². The summed E-state index contributed by atoms with van der Waals surface area (Å²) in [5.74, 6) is -0.249. The molecule has 0 aliphatic carbocycles. The molecular formula is C16H16FN3. The Balaban J connectivity index is 2.18. The molecule has 3 nitrogen and oxygen atoms in total. The molecule has 0 spiro atoms. The van der Waals surface area contributed by atoms with Gasteiger partial charge in [-0.25, -0.2) is 9.07 Å². The van der Waals surface area contributed by atoms with E-state index in [4.69, 9.17) is 5.73 Å². The molecule has 3 aromatic rings. The first-order valence-corrected chi connectivity index (χ1v) is 6.62. The fourth-order valence-electron chi connectivity index (χ4n) is 2.43. The lowest BCUT2D eigenvalue weighted by Crippen LogP contribution is -2.19. The Morgan fingerprint density at radius 2 is 2.05 bits per heavy atom. The monoisotopic (exact) mass is 269 g/mol. The molecule has 1 aromatic heterocycles. The lowest BCUT2D eigenvalue weighted by Gasteiger charge is -2.12. The summed E-state index contributed by atoms with van der Waals surface area (Å²) < 4.78 is 15.3. The van der Waals surface area contributed by atoms with Crippen LogP contribution in [0.15, 0.2) is 48.7 Å². The number of hydrogen-bond donors (Lipinski definition) is 1. The van der Waals surface area contributed by atoms with Crippen molar-refractivity contribution in [2.24, 2.45) is 5.73 Å². The minimum absolute atomic E-state index is 0.0302. The molecule has 0 aliphatic heterocycles. The van der Waals surface area contributed by atoms with Gasteiger partial charge in [-0.3, -0.25) is 0 Å². The molecule has 1 heterocycles. The van der Waals surface area contributed by atoms with Crippen LogP contribution in [0.5, 0.6) is 0 Å². The van der Waals surface area contributed by atoms with E-state index in [0.29, 0.717) is 6.42 Å². The molecule has 1 unspecified atom stereocenters. The van der Waals surface area contributed by atoms with Crippen LogP contribution in [0.3, 0.4) is 0 Å². The number of nitrogens with two attached hydrogens (primary N) is 1. The van der Waals surface area contributed by atoms with E-state index < -0.39 is 0 Å². The maximum atomic E-state index is 13.5. The SMILES string of the molecule is CC(N)Cc1cc(F)ccc1-n1ncc2ccccc21. The van der Waals surface area contributed by atoms with Crippen LogP contribution in [-0.4, -0.2) is 15.8 Å². The van der Waals surface area contributed by atoms with Gasteiger partial charge in [0.1, 0.15) is 5.82 Å². The molecule has 20 heavy (non-hydrogen) atoms. The number of nitrogens with zero attached hydrogens (tertiary/aromatic N) is 2. The average Bonchev–Trinajstić information content (AvgIpc) is 2.82. The lowest BCUT2D eigenvalue weighted by molar-refractivity contribution is 0.621. The zero-order valence-electron chi connectivity index (χ0n) is 11.3. The third-order valence-corrected chi connectivity index (χ3v) is 3.29. The predicted molar refractivity (Wildman–Crippen MR) is 78.4 cm³/mol. The number of benzene rings is 2. The van der Waals surface area contributed by atoms with Gasteiger partial charge in [-0.05, 0) is 43.2 Å². The van der Waals surface area contributed by atoms with Gasteiger partial charge in [-0.1, -0.05) is 18.2 Å². The van der Waals surface area contributed by atoms with E-state index in [0.717, 1.165) is 22.2 Å². The summed E-state index contributed by atoms with van der Waals surface area (Å²) in [7, 11) is 0. The van der Waals surface area contributed by atoms with Gasteiger partial charge in [0.15, 0.2) is 0 Å². The molecule has 0 amide bonds. The number of fused-ring (bicyclic) bond motifs is 1. The molecule has 0 saturated heterocycles. The zero-order valence-corrected chi connectivity index (χ0v) is 11.3. The molecule has 0 fully saturated rings. The number of hydrogen-bond acceptors (Lipinski definition) is 2. The van der Waals surface area contributed by atoms with Gasteiger partial charge in [0.05, 0.1) is 17.4 Å². The second kappa shape index (κ2) is 5.06. The van der Waals surface area contributed by atoms with Crippen molar-refractivity contribution in [1.82, 2.24) is 9.78 Å². The van der Waals surface area contributed by atoms with Crippen LogP contribution in [-0.2, 0) is 6.42 Å². The standard InChI is InChI=1S/C16H16FN3/c1-11(18)8-13-9-14(17)6-7-16(13)20-15-5-3-2-4-12(15)10-19-20/h2-7,9-11H,8,18H2,1H3. The van der Waals surface area contributed by atoms with E-state index in [1.54, 1.807) is 6.07 Å². The third kappa shape index (κ3) is 2.30. The van der Waals surface area contributed by atoms with Crippen molar-refractivity contribution in [1.29, 1.82) is 0 Å². The van der Waals surface area contributed by atoms with Crippen LogP contribution in [0.2, 0.25) is 0 Å². The molecule has 2 N–H and O–H groups in total. The van der Waals surface area contributed by atoms with Crippen molar-refractivity contribution in [3.63, 3.8) is 0 Å². The number of aromatic nitrogens is 2. The average molecular weight is 269 g/mol. The Hall–Kier alpha value is -2.20. The van der Waals surface area contributed by atoms with Gasteiger partial charge in [0.25, 0.3) is 0 Å². The van der Waals surface area contributed by atoms with Crippen molar-refractivity contribution < 1.29 is 4.39 Å². The quantitative estimate of drug-likeness (QED) is 0.794. The highest BCUT2D eigenvalue weighted by atomic mass is 19.1. The maximum absolute atomic E-state index is 13.5. The summed E-state index contributed by atoms with van der Waals surface area (Å²) in [6.45, 7) is 1.91. The van der Waals surface area contributed by atoms with Gasteiger partial charge < -0.3 is 5.73 Å². The molecule has 0 bridgehead atoms. The summed E-state index contributed by atoms with van der Waals surface area (Å²) in [4.78, 5) is 0. The van der Waals surface area contributed by atoms with E-state index in [1.807, 2.05) is 42.1 Å². The zero-order chi connectivity index (χ0) is 14.1. The second-order valence-corrected chi connectivity index (χ2v) is 5.07. The maximum Gasteiger partial charge on any atom is 0.123 e. The van der Waals surface area contributed by atoms with Crippen LogP contribution >= 0.6 is 0 Å². The molecule has 0 saturated carbocycles. The first-order valence-electron chi connectivity index (χ1n) is 6.62. The third-order valence-electron chi connectivity index (χ3n) is 3.29. The van der Waals surface area contributed by atoms with Crippen molar-refractivity contribution in [2.75, 3.05) is 0 Å². The number of rotatable bonds is 3. The van der Waals surface area contributed by atoms with Crippen molar-refractivity contribution >= 4 is 10.9 Å². The second-order valence-electron chi connectivity index (χ2n) is 5.07. The van der Waals surface area contributed by atoms with Gasteiger partial charge in [0.2, 0.25) is 0 Å². The fraction of sp³-hybridized carbons (Fsp3) is 0.188. The van der Waals surface area contributed by atoms with E-state index in [9.17, 15) is 4.39 Å². The molecule has 2 aromatic carbocycles. The van der Waals surface area contributed by atoms with Gasteiger partial charge in [-0.15, -0.1) is 0 Å². The number of para-hydroxylation sites is 1. The summed E-state index contributed by atoms with van der Waals surface area (Å²) in [5.41, 5.74) is 8.61. The molecular weight excluding hydrogens is 253 g/mol. The van der Waals surface area contributed by atoms with E-state index in [1.165, 1.54) is 12.1 Å². The normalized spacial score (nSPS) is 12.8. The van der Waals surface area contributed by atoms with E-state index >= 15 is 0 Å². The van der Waals surface area contributed by atoms with Crippen LogP contribution in [0, 0.1) is 5.82 Å². The predicted octanol–water partition coefficient (Wildman–Crippen LogP) is 3.05. The fourth-order valence-corrected chi connectivity index (χ4v) is 2.43. The minimum Gasteiger partial charge on any atom is -0.328 e. The van der Waals surface area contributed by atoms with Crippen LogP contribution in [0.25, 0.3) is 16.6 Å². The van der Waals surface area contributed by atoms with Gasteiger partial charge in [0, 0.05) is 11.4 Å². The first-order chi connectivity index (χ1) is 9.65. The molecule has 3 rings (SSSR count). The molecule has 102 valence electrons. The highest BCUT2D eigenvalue weighted by Crippen LogP contribution is 2.22. The smallest absolute Gasteiger partial charge is 0.123 e. The first kappa shape index (κ1) is 12.8. The largest absolute Gasteiger partial charge is 0.328 e. The number of halogens is 1. The molecule has 1 atom stereocenters. The molecule has 4 heteroatoms. The summed E-state index contributed by atoms with van der Waals surface area (Å²) >= 11 is 0. The Kier molecular flexibility index (Phi) is 3.24. The Morgan fingerprint density at radius 1 is 1.25 bits per heavy atom. The van der Waals surface area contributed by atoms with Crippen molar-refractivity contribution in [2.45, 2.75) is 19.4 Å². The van der Waals surface area contributed by atoms with Gasteiger partial charge >= 0.3 is 0 Å². The lowest BCUT2D eigenvalue weighted by atomic mass is 10.1. The van der Waals surface area contributed by atoms with Crippen molar-refractivity contribution in [3.8, 4) is 5.69 Å². The van der Waals surface area contributed by atoms with Gasteiger partial charge in [-0.2, -0.15) is 5.10 Å². The van der Waals surface area contributed by atoms with E-state index in [-0.39, 0.29) is 11.9 Å². The van der Waals surface area contributed by atoms with Crippen LogP contribution in [0.1, 0.15) is 12.5 Å². The van der Waals surface area contributed by atoms with Crippen molar-refractivity contribution in [3.05, 3.63) is 60.0 Å². The Morgan fingerprint density at radius 3 is 2.85 bits per heavy atom.